The predicted octanol–water partition coefficient (Wildman–Crippen LogP) is 4.76. The molecule has 0 heterocycles. The van der Waals surface area contributed by atoms with E-state index in [1.54, 1.807) is 0 Å². The van der Waals surface area contributed by atoms with E-state index >= 15 is 0 Å². The Morgan fingerprint density at radius 2 is 1.67 bits per heavy atom. The zero-order valence-electron chi connectivity index (χ0n) is 13.9. The van der Waals surface area contributed by atoms with E-state index in [1.807, 2.05) is 30.3 Å². The number of hydrogen-bond acceptors (Lipinski definition) is 1. The summed E-state index contributed by atoms with van der Waals surface area (Å²) in [5.41, 5.74) is 4.34. The van der Waals surface area contributed by atoms with E-state index in [4.69, 9.17) is 7.85 Å². The van der Waals surface area contributed by atoms with Gasteiger partial charge in [0.15, 0.2) is 0 Å². The van der Waals surface area contributed by atoms with Crippen molar-refractivity contribution in [1.29, 1.82) is 0 Å². The van der Waals surface area contributed by atoms with Crippen molar-refractivity contribution in [2.24, 2.45) is 5.92 Å². The van der Waals surface area contributed by atoms with E-state index in [9.17, 15) is 0 Å². The maximum absolute atomic E-state index is 5.89. The molecule has 2 aromatic carbocycles. The summed E-state index contributed by atoms with van der Waals surface area (Å²) in [7, 11) is 5.89. The third-order valence-electron chi connectivity index (χ3n) is 4.95. The van der Waals surface area contributed by atoms with E-state index in [0.717, 1.165) is 16.8 Å². The van der Waals surface area contributed by atoms with Crippen molar-refractivity contribution in [2.45, 2.75) is 23.7 Å². The van der Waals surface area contributed by atoms with Crippen molar-refractivity contribution in [3.05, 3.63) is 96.1 Å². The Morgan fingerprint density at radius 1 is 1.08 bits per heavy atom. The van der Waals surface area contributed by atoms with Gasteiger partial charge in [-0.25, -0.2) is 0 Å². The van der Waals surface area contributed by atoms with Crippen LogP contribution in [-0.2, 0) is 5.41 Å². The van der Waals surface area contributed by atoms with Crippen molar-refractivity contribution < 1.29 is 0 Å². The highest BCUT2D eigenvalue weighted by Crippen LogP contribution is 2.41. The monoisotopic (exact) mass is 328 g/mol. The van der Waals surface area contributed by atoms with E-state index < -0.39 is 0 Å². The van der Waals surface area contributed by atoms with E-state index in [0.29, 0.717) is 5.92 Å². The summed E-state index contributed by atoms with van der Waals surface area (Å²) in [6, 6.07) is 16.6. The molecule has 0 spiro atoms. The molecule has 0 aliphatic heterocycles. The Bertz CT molecular complexity index is 736. The first kappa shape index (κ1) is 16.9. The van der Waals surface area contributed by atoms with Gasteiger partial charge in [-0.05, 0) is 48.1 Å². The van der Waals surface area contributed by atoms with Crippen LogP contribution in [0.3, 0.4) is 0 Å². The number of rotatable bonds is 4. The average Bonchev–Trinajstić information content (AvgIpc) is 2.62. The maximum Gasteiger partial charge on any atom is 0.113 e. The molecule has 0 aromatic heterocycles. The van der Waals surface area contributed by atoms with Crippen LogP contribution in [0.5, 0.6) is 0 Å². The number of hydrogen-bond donors (Lipinski definition) is 1. The molecule has 2 unspecified atom stereocenters. The molecule has 24 heavy (non-hydrogen) atoms. The Kier molecular flexibility index (Phi) is 4.87. The minimum absolute atomic E-state index is 0.224. The fourth-order valence-corrected chi connectivity index (χ4v) is 3.44. The lowest BCUT2D eigenvalue weighted by atomic mass is 9.68. The Hall–Kier alpha value is -1.93. The molecular weight excluding hydrogens is 307 g/mol. The maximum atomic E-state index is 5.89. The zero-order chi connectivity index (χ0) is 17.2. The summed E-state index contributed by atoms with van der Waals surface area (Å²) < 4.78 is 0. The van der Waals surface area contributed by atoms with Crippen LogP contribution in [0.1, 0.15) is 24.5 Å². The Balaban J connectivity index is 2.12. The first-order chi connectivity index (χ1) is 11.5. The van der Waals surface area contributed by atoms with Gasteiger partial charge in [0.05, 0.1) is 0 Å². The van der Waals surface area contributed by atoms with Crippen LogP contribution >= 0.6 is 12.6 Å². The van der Waals surface area contributed by atoms with Gasteiger partial charge in [-0.1, -0.05) is 66.2 Å². The van der Waals surface area contributed by atoms with E-state index in [1.165, 1.54) is 16.7 Å². The van der Waals surface area contributed by atoms with Crippen molar-refractivity contribution >= 4 is 25.9 Å². The molecule has 1 aliphatic rings. The van der Waals surface area contributed by atoms with Crippen LogP contribution in [0.4, 0.5) is 0 Å². The normalized spacial score (nSPS) is 19.4. The van der Waals surface area contributed by atoms with Crippen LogP contribution in [-0.4, -0.2) is 7.85 Å². The molecule has 2 aromatic rings. The number of thiol groups is 1. The second-order valence-electron chi connectivity index (χ2n) is 6.45. The number of benzene rings is 2. The summed E-state index contributed by atoms with van der Waals surface area (Å²) in [6.45, 7) is 6.18. The van der Waals surface area contributed by atoms with Crippen molar-refractivity contribution in [1.82, 2.24) is 0 Å². The molecule has 0 saturated heterocycles. The highest BCUT2D eigenvalue weighted by Gasteiger charge is 2.32. The highest BCUT2D eigenvalue weighted by molar-refractivity contribution is 7.80. The fourth-order valence-electron chi connectivity index (χ4n) is 3.29. The molecule has 0 amide bonds. The van der Waals surface area contributed by atoms with Crippen molar-refractivity contribution in [2.75, 3.05) is 0 Å². The first-order valence-electron chi connectivity index (χ1n) is 8.21. The largest absolute Gasteiger partial charge is 0.143 e. The van der Waals surface area contributed by atoms with Crippen LogP contribution in [0.25, 0.3) is 0 Å². The molecule has 2 heteroatoms. The lowest BCUT2D eigenvalue weighted by Crippen LogP contribution is -2.27. The smallest absolute Gasteiger partial charge is 0.113 e. The van der Waals surface area contributed by atoms with Crippen LogP contribution < -0.4 is 5.46 Å². The Labute approximate surface area is 151 Å². The molecule has 2 radical (unpaired) electrons. The first-order valence-corrected chi connectivity index (χ1v) is 8.65. The third-order valence-corrected chi connectivity index (χ3v) is 5.24. The zero-order valence-corrected chi connectivity index (χ0v) is 14.8. The van der Waals surface area contributed by atoms with Gasteiger partial charge in [0.1, 0.15) is 7.85 Å². The van der Waals surface area contributed by atoms with Crippen molar-refractivity contribution in [3.8, 4) is 0 Å². The highest BCUT2D eigenvalue weighted by atomic mass is 32.1. The molecule has 1 aliphatic carbocycles. The van der Waals surface area contributed by atoms with Gasteiger partial charge in [0, 0.05) is 10.3 Å². The minimum Gasteiger partial charge on any atom is -0.143 e. The predicted molar refractivity (Wildman–Crippen MR) is 108 cm³/mol. The topological polar surface area (TPSA) is 0 Å². The van der Waals surface area contributed by atoms with Gasteiger partial charge in [-0.15, -0.1) is 19.2 Å². The van der Waals surface area contributed by atoms with E-state index in [2.05, 4.69) is 68.6 Å². The molecule has 2 atom stereocenters. The lowest BCUT2D eigenvalue weighted by Gasteiger charge is -2.34. The van der Waals surface area contributed by atoms with Crippen molar-refractivity contribution in [3.63, 3.8) is 0 Å². The third kappa shape index (κ3) is 3.16. The minimum atomic E-state index is -0.224. The molecular formula is C22H21BS. The molecule has 0 saturated carbocycles. The van der Waals surface area contributed by atoms with Gasteiger partial charge in [-0.2, -0.15) is 0 Å². The SMILES string of the molecule is [B]c1ccc(C(C)(C2=CCC(C=C)C=C2)c2ccc(S)cc2)cc1. The molecule has 0 N–H and O–H groups in total. The van der Waals surface area contributed by atoms with Gasteiger partial charge < -0.3 is 0 Å². The molecule has 0 nitrogen and oxygen atoms in total. The summed E-state index contributed by atoms with van der Waals surface area (Å²) in [6.07, 6.45) is 9.80. The quantitative estimate of drug-likeness (QED) is 0.467. The van der Waals surface area contributed by atoms with Gasteiger partial charge >= 0.3 is 0 Å². The Morgan fingerprint density at radius 3 is 2.17 bits per heavy atom. The standard InChI is InChI=1S/C22H21BS/c1-3-16-4-6-17(7-5-16)22(2,18-8-12-20(23)13-9-18)19-10-14-21(24)15-11-19/h3-4,6-16,24H,1,5H2,2H3. The summed E-state index contributed by atoms with van der Waals surface area (Å²) in [4.78, 5) is 0.971. The summed E-state index contributed by atoms with van der Waals surface area (Å²) in [5, 5.41) is 0. The fraction of sp³-hybridized carbons (Fsp3) is 0.182. The van der Waals surface area contributed by atoms with Crippen LogP contribution in [0.2, 0.25) is 0 Å². The molecule has 3 rings (SSSR count). The van der Waals surface area contributed by atoms with Crippen LogP contribution in [0, 0.1) is 5.92 Å². The van der Waals surface area contributed by atoms with Gasteiger partial charge in [0.2, 0.25) is 0 Å². The second kappa shape index (κ2) is 6.90. The van der Waals surface area contributed by atoms with Crippen LogP contribution in [0.15, 0.2) is 89.9 Å². The van der Waals surface area contributed by atoms with Gasteiger partial charge in [-0.3, -0.25) is 0 Å². The second-order valence-corrected chi connectivity index (χ2v) is 6.96. The average molecular weight is 328 g/mol. The lowest BCUT2D eigenvalue weighted by molar-refractivity contribution is 0.668. The van der Waals surface area contributed by atoms with Gasteiger partial charge in [0.25, 0.3) is 0 Å². The molecule has 118 valence electrons. The summed E-state index contributed by atoms with van der Waals surface area (Å²) >= 11 is 4.42. The summed E-state index contributed by atoms with van der Waals surface area (Å²) in [5.74, 6) is 0.421. The molecule has 0 fully saturated rings. The number of allylic oxidation sites excluding steroid dienone is 5. The molecule has 0 bridgehead atoms. The van der Waals surface area contributed by atoms with E-state index in [-0.39, 0.29) is 5.41 Å².